The van der Waals surface area contributed by atoms with Gasteiger partial charge in [0, 0.05) is 6.54 Å². The molecule has 2 rings (SSSR count). The van der Waals surface area contributed by atoms with Crippen molar-refractivity contribution in [3.63, 3.8) is 0 Å². The summed E-state index contributed by atoms with van der Waals surface area (Å²) in [4.78, 5) is -0.450. The monoisotopic (exact) mass is 316 g/mol. The molecule has 0 heterocycles. The molecule has 0 radical (unpaired) electrons. The maximum absolute atomic E-state index is 13.1. The predicted molar refractivity (Wildman–Crippen MR) is 71.5 cm³/mol. The first kappa shape index (κ1) is 15.3. The highest BCUT2D eigenvalue weighted by molar-refractivity contribution is 7.92. The zero-order valence-corrected chi connectivity index (χ0v) is 11.4. The SMILES string of the molecule is NCc1cc(F)ccc1NS(=O)(=O)c1ccc(F)c(F)c1. The van der Waals surface area contributed by atoms with E-state index in [9.17, 15) is 21.6 Å². The van der Waals surface area contributed by atoms with Crippen LogP contribution in [0.3, 0.4) is 0 Å². The van der Waals surface area contributed by atoms with Crippen molar-refractivity contribution in [2.45, 2.75) is 11.4 Å². The predicted octanol–water partition coefficient (Wildman–Crippen LogP) is 2.36. The second-order valence-electron chi connectivity index (χ2n) is 4.19. The minimum Gasteiger partial charge on any atom is -0.326 e. The van der Waals surface area contributed by atoms with E-state index in [2.05, 4.69) is 4.72 Å². The van der Waals surface area contributed by atoms with Crippen molar-refractivity contribution in [3.8, 4) is 0 Å². The van der Waals surface area contributed by atoms with Crippen molar-refractivity contribution >= 4 is 15.7 Å². The van der Waals surface area contributed by atoms with E-state index in [0.29, 0.717) is 12.1 Å². The molecule has 0 saturated heterocycles. The second kappa shape index (κ2) is 5.74. The Labute approximate surface area is 119 Å². The standard InChI is InChI=1S/C13H11F3N2O2S/c14-9-1-4-13(8(5-9)7-17)18-21(19,20)10-2-3-11(15)12(16)6-10/h1-6,18H,7,17H2. The summed E-state index contributed by atoms with van der Waals surface area (Å²) in [5.74, 6) is -3.00. The molecule has 0 saturated carbocycles. The molecule has 0 aliphatic heterocycles. The Balaban J connectivity index is 2.39. The molecular formula is C13H11F3N2O2S. The van der Waals surface area contributed by atoms with Gasteiger partial charge in [-0.25, -0.2) is 21.6 Å². The van der Waals surface area contributed by atoms with Crippen molar-refractivity contribution < 1.29 is 21.6 Å². The van der Waals surface area contributed by atoms with E-state index < -0.39 is 32.4 Å². The van der Waals surface area contributed by atoms with Crippen molar-refractivity contribution in [1.82, 2.24) is 0 Å². The van der Waals surface area contributed by atoms with Crippen LogP contribution < -0.4 is 10.5 Å². The van der Waals surface area contributed by atoms with Crippen LogP contribution in [-0.4, -0.2) is 8.42 Å². The number of sulfonamides is 1. The summed E-state index contributed by atoms with van der Waals surface area (Å²) in [5, 5.41) is 0. The molecule has 3 N–H and O–H groups in total. The van der Waals surface area contributed by atoms with Gasteiger partial charge in [-0.2, -0.15) is 0 Å². The molecule has 2 aromatic carbocycles. The number of nitrogens with one attached hydrogen (secondary N) is 1. The molecule has 2 aromatic rings. The maximum Gasteiger partial charge on any atom is 0.262 e. The highest BCUT2D eigenvalue weighted by Gasteiger charge is 2.18. The van der Waals surface area contributed by atoms with Crippen LogP contribution in [0, 0.1) is 17.5 Å². The lowest BCUT2D eigenvalue weighted by atomic mass is 10.2. The zero-order chi connectivity index (χ0) is 15.6. The van der Waals surface area contributed by atoms with Crippen LogP contribution in [0.5, 0.6) is 0 Å². The minimum absolute atomic E-state index is 0.0728. The molecular weight excluding hydrogens is 305 g/mol. The highest BCUT2D eigenvalue weighted by Crippen LogP contribution is 2.22. The van der Waals surface area contributed by atoms with Crippen LogP contribution in [0.4, 0.5) is 18.9 Å². The Morgan fingerprint density at radius 2 is 1.71 bits per heavy atom. The van der Waals surface area contributed by atoms with Crippen LogP contribution in [-0.2, 0) is 16.6 Å². The number of halogens is 3. The number of nitrogens with two attached hydrogens (primary N) is 1. The van der Waals surface area contributed by atoms with Crippen molar-refractivity contribution in [3.05, 3.63) is 59.4 Å². The van der Waals surface area contributed by atoms with E-state index in [4.69, 9.17) is 5.73 Å². The van der Waals surface area contributed by atoms with Gasteiger partial charge in [-0.1, -0.05) is 0 Å². The molecule has 21 heavy (non-hydrogen) atoms. The molecule has 0 aliphatic carbocycles. The van der Waals surface area contributed by atoms with Crippen LogP contribution in [0.2, 0.25) is 0 Å². The Hall–Kier alpha value is -2.06. The lowest BCUT2D eigenvalue weighted by molar-refractivity contribution is 0.504. The lowest BCUT2D eigenvalue weighted by Gasteiger charge is -2.12. The fourth-order valence-corrected chi connectivity index (χ4v) is 2.79. The lowest BCUT2D eigenvalue weighted by Crippen LogP contribution is -2.15. The zero-order valence-electron chi connectivity index (χ0n) is 10.6. The molecule has 4 nitrogen and oxygen atoms in total. The van der Waals surface area contributed by atoms with Gasteiger partial charge >= 0.3 is 0 Å². The largest absolute Gasteiger partial charge is 0.326 e. The third kappa shape index (κ3) is 3.34. The second-order valence-corrected chi connectivity index (χ2v) is 5.87. The summed E-state index contributed by atoms with van der Waals surface area (Å²) >= 11 is 0. The normalized spacial score (nSPS) is 11.4. The van der Waals surface area contributed by atoms with Gasteiger partial charge in [-0.05, 0) is 42.0 Å². The summed E-state index contributed by atoms with van der Waals surface area (Å²) < 4.78 is 65.3. The Kier molecular flexibility index (Phi) is 4.19. The fourth-order valence-electron chi connectivity index (χ4n) is 1.68. The molecule has 0 spiro atoms. The summed E-state index contributed by atoms with van der Waals surface area (Å²) in [6, 6.07) is 5.54. The summed E-state index contributed by atoms with van der Waals surface area (Å²) in [7, 11) is -4.13. The topological polar surface area (TPSA) is 72.2 Å². The molecule has 0 unspecified atom stereocenters. The molecule has 0 fully saturated rings. The summed E-state index contributed by atoms with van der Waals surface area (Å²) in [5.41, 5.74) is 5.72. The smallest absolute Gasteiger partial charge is 0.262 e. The van der Waals surface area contributed by atoms with Crippen LogP contribution in [0.1, 0.15) is 5.56 Å². The van der Waals surface area contributed by atoms with Gasteiger partial charge in [0.15, 0.2) is 11.6 Å². The Morgan fingerprint density at radius 1 is 1.00 bits per heavy atom. The highest BCUT2D eigenvalue weighted by atomic mass is 32.2. The van der Waals surface area contributed by atoms with Gasteiger partial charge in [-0.15, -0.1) is 0 Å². The third-order valence-corrected chi connectivity index (χ3v) is 4.10. The molecule has 0 atom stereocenters. The van der Waals surface area contributed by atoms with E-state index in [-0.39, 0.29) is 17.8 Å². The number of hydrogen-bond acceptors (Lipinski definition) is 3. The van der Waals surface area contributed by atoms with E-state index in [1.807, 2.05) is 0 Å². The average Bonchev–Trinajstić information content (AvgIpc) is 2.43. The quantitative estimate of drug-likeness (QED) is 0.909. The molecule has 112 valence electrons. The van der Waals surface area contributed by atoms with Gasteiger partial charge in [0.1, 0.15) is 5.82 Å². The molecule has 0 bridgehead atoms. The molecule has 0 amide bonds. The first-order valence-electron chi connectivity index (χ1n) is 5.80. The number of anilines is 1. The average molecular weight is 316 g/mol. The number of rotatable bonds is 4. The van der Waals surface area contributed by atoms with E-state index in [1.165, 1.54) is 6.07 Å². The first-order chi connectivity index (χ1) is 9.83. The van der Waals surface area contributed by atoms with Crippen molar-refractivity contribution in [1.29, 1.82) is 0 Å². The van der Waals surface area contributed by atoms with Gasteiger partial charge in [0.2, 0.25) is 0 Å². The van der Waals surface area contributed by atoms with Gasteiger partial charge in [-0.3, -0.25) is 4.72 Å². The Morgan fingerprint density at radius 3 is 2.33 bits per heavy atom. The van der Waals surface area contributed by atoms with Gasteiger partial charge < -0.3 is 5.73 Å². The summed E-state index contributed by atoms with van der Waals surface area (Å²) in [6.07, 6.45) is 0. The van der Waals surface area contributed by atoms with Crippen molar-refractivity contribution in [2.24, 2.45) is 5.73 Å². The van der Waals surface area contributed by atoms with Crippen LogP contribution in [0.25, 0.3) is 0 Å². The van der Waals surface area contributed by atoms with E-state index in [0.717, 1.165) is 18.2 Å². The van der Waals surface area contributed by atoms with Gasteiger partial charge in [0.25, 0.3) is 10.0 Å². The van der Waals surface area contributed by atoms with Crippen molar-refractivity contribution in [2.75, 3.05) is 4.72 Å². The Bertz CT molecular complexity index is 779. The van der Waals surface area contributed by atoms with Gasteiger partial charge in [0.05, 0.1) is 10.6 Å². The number of benzene rings is 2. The third-order valence-electron chi connectivity index (χ3n) is 2.73. The van der Waals surface area contributed by atoms with E-state index in [1.54, 1.807) is 0 Å². The fraction of sp³-hybridized carbons (Fsp3) is 0.0769. The molecule has 0 aliphatic rings. The van der Waals surface area contributed by atoms with E-state index >= 15 is 0 Å². The molecule has 8 heteroatoms. The summed E-state index contributed by atoms with van der Waals surface area (Å²) in [6.45, 7) is -0.0899. The van der Waals surface area contributed by atoms with Crippen LogP contribution >= 0.6 is 0 Å². The minimum atomic E-state index is -4.13. The first-order valence-corrected chi connectivity index (χ1v) is 7.28. The maximum atomic E-state index is 13.1. The van der Waals surface area contributed by atoms with Crippen LogP contribution in [0.15, 0.2) is 41.3 Å². The number of hydrogen-bond donors (Lipinski definition) is 2. The molecule has 0 aromatic heterocycles.